The average molecular weight is 240 g/mol. The minimum absolute atomic E-state index is 0.0312. The third-order valence-electron chi connectivity index (χ3n) is 3.00. The summed E-state index contributed by atoms with van der Waals surface area (Å²) in [5.41, 5.74) is 3.47. The molecule has 0 unspecified atom stereocenters. The van der Waals surface area contributed by atoms with Crippen molar-refractivity contribution >= 4 is 11.6 Å². The number of amides is 1. The lowest BCUT2D eigenvalue weighted by molar-refractivity contribution is -0.115. The lowest BCUT2D eigenvalue weighted by Crippen LogP contribution is -2.12. The first-order valence-electron chi connectivity index (χ1n) is 5.70. The molecule has 90 valence electrons. The number of aromatic nitrogens is 1. The Labute approximate surface area is 105 Å². The third kappa shape index (κ3) is 1.72. The van der Waals surface area contributed by atoms with Gasteiger partial charge in [0.2, 0.25) is 5.91 Å². The smallest absolute Gasteiger partial charge is 0.228 e. The Morgan fingerprint density at radius 1 is 1.33 bits per heavy atom. The molecule has 18 heavy (non-hydrogen) atoms. The van der Waals surface area contributed by atoms with Gasteiger partial charge >= 0.3 is 0 Å². The molecule has 0 bridgehead atoms. The van der Waals surface area contributed by atoms with E-state index in [2.05, 4.69) is 10.3 Å². The number of carbonyl (C=O) groups is 1. The van der Waals surface area contributed by atoms with Gasteiger partial charge in [-0.3, -0.25) is 9.78 Å². The molecular weight excluding hydrogens is 228 g/mol. The van der Waals surface area contributed by atoms with Crippen molar-refractivity contribution in [1.82, 2.24) is 4.98 Å². The van der Waals surface area contributed by atoms with E-state index < -0.39 is 0 Å². The van der Waals surface area contributed by atoms with Crippen molar-refractivity contribution in [2.45, 2.75) is 6.42 Å². The molecular formula is C14H12N2O2. The van der Waals surface area contributed by atoms with Crippen LogP contribution in [0.5, 0.6) is 5.75 Å². The highest BCUT2D eigenvalue weighted by Crippen LogP contribution is 2.33. The molecule has 0 spiro atoms. The van der Waals surface area contributed by atoms with E-state index in [1.165, 1.54) is 0 Å². The summed E-state index contributed by atoms with van der Waals surface area (Å²) in [6.07, 6.45) is 2.06. The number of carbonyl (C=O) groups excluding carboxylic acids is 1. The van der Waals surface area contributed by atoms with E-state index in [4.69, 9.17) is 4.74 Å². The molecule has 0 saturated carbocycles. The molecule has 1 N–H and O–H groups in total. The van der Waals surface area contributed by atoms with E-state index in [0.29, 0.717) is 6.42 Å². The van der Waals surface area contributed by atoms with Crippen LogP contribution < -0.4 is 10.1 Å². The van der Waals surface area contributed by atoms with Crippen LogP contribution in [0.15, 0.2) is 36.5 Å². The van der Waals surface area contributed by atoms with Gasteiger partial charge in [-0.05, 0) is 35.9 Å². The molecule has 1 aromatic heterocycles. The van der Waals surface area contributed by atoms with Gasteiger partial charge in [-0.1, -0.05) is 0 Å². The van der Waals surface area contributed by atoms with Crippen LogP contribution in [0.1, 0.15) is 5.56 Å². The van der Waals surface area contributed by atoms with Gasteiger partial charge < -0.3 is 10.1 Å². The van der Waals surface area contributed by atoms with E-state index in [0.717, 1.165) is 28.3 Å². The number of rotatable bonds is 1. The molecule has 4 heteroatoms. The van der Waals surface area contributed by atoms with Crippen molar-refractivity contribution in [1.29, 1.82) is 0 Å². The number of ether oxygens (including phenoxy) is 1. The van der Waals surface area contributed by atoms with Crippen LogP contribution in [-0.2, 0) is 11.2 Å². The average Bonchev–Trinajstić information content (AvgIpc) is 2.53. The maximum Gasteiger partial charge on any atom is 0.228 e. The van der Waals surface area contributed by atoms with Crippen LogP contribution in [0.25, 0.3) is 11.3 Å². The number of methoxy groups -OCH3 is 1. The summed E-state index contributed by atoms with van der Waals surface area (Å²) in [5, 5.41) is 2.86. The highest BCUT2D eigenvalue weighted by molar-refractivity contribution is 5.99. The Hall–Kier alpha value is -2.36. The monoisotopic (exact) mass is 240 g/mol. The van der Waals surface area contributed by atoms with Gasteiger partial charge in [-0.15, -0.1) is 0 Å². The summed E-state index contributed by atoms with van der Waals surface area (Å²) in [7, 11) is 1.62. The van der Waals surface area contributed by atoms with Gasteiger partial charge in [0, 0.05) is 11.8 Å². The van der Waals surface area contributed by atoms with Gasteiger partial charge in [-0.25, -0.2) is 0 Å². The van der Waals surface area contributed by atoms with E-state index in [-0.39, 0.29) is 5.91 Å². The molecule has 1 aromatic carbocycles. The van der Waals surface area contributed by atoms with Gasteiger partial charge in [-0.2, -0.15) is 0 Å². The summed E-state index contributed by atoms with van der Waals surface area (Å²) in [4.78, 5) is 16.2. The Morgan fingerprint density at radius 3 is 3.06 bits per heavy atom. The minimum Gasteiger partial charge on any atom is -0.497 e. The molecule has 3 rings (SSSR count). The molecule has 1 amide bonds. The molecule has 4 nitrogen and oxygen atoms in total. The molecule has 2 heterocycles. The van der Waals surface area contributed by atoms with Crippen LogP contribution in [0, 0.1) is 0 Å². The quantitative estimate of drug-likeness (QED) is 0.831. The summed E-state index contributed by atoms with van der Waals surface area (Å²) in [6, 6.07) is 9.39. The Balaban J connectivity index is 2.24. The number of pyridine rings is 1. The Kier molecular flexibility index (Phi) is 2.48. The molecule has 0 aliphatic carbocycles. The molecule has 0 saturated heterocycles. The van der Waals surface area contributed by atoms with Crippen molar-refractivity contribution in [3.8, 4) is 17.0 Å². The fraction of sp³-hybridized carbons (Fsp3) is 0.143. The van der Waals surface area contributed by atoms with Gasteiger partial charge in [0.05, 0.1) is 24.9 Å². The maximum absolute atomic E-state index is 11.8. The molecule has 0 atom stereocenters. The lowest BCUT2D eigenvalue weighted by Gasteiger charge is -2.08. The van der Waals surface area contributed by atoms with Crippen LogP contribution in [0.2, 0.25) is 0 Å². The topological polar surface area (TPSA) is 51.2 Å². The molecule has 0 fully saturated rings. The minimum atomic E-state index is -0.0312. The second-order valence-electron chi connectivity index (χ2n) is 4.15. The summed E-state index contributed by atoms with van der Waals surface area (Å²) < 4.78 is 5.19. The van der Waals surface area contributed by atoms with Crippen molar-refractivity contribution < 1.29 is 9.53 Å². The second kappa shape index (κ2) is 4.14. The van der Waals surface area contributed by atoms with Crippen LogP contribution in [-0.4, -0.2) is 18.0 Å². The van der Waals surface area contributed by atoms with Crippen molar-refractivity contribution in [3.63, 3.8) is 0 Å². The van der Waals surface area contributed by atoms with Crippen molar-refractivity contribution in [3.05, 3.63) is 42.1 Å². The summed E-state index contributed by atoms with van der Waals surface area (Å²) >= 11 is 0. The number of nitrogens with one attached hydrogen (secondary N) is 1. The van der Waals surface area contributed by atoms with Gasteiger partial charge in [0.1, 0.15) is 5.75 Å². The van der Waals surface area contributed by atoms with Crippen LogP contribution >= 0.6 is 0 Å². The first kappa shape index (κ1) is 10.8. The third-order valence-corrected chi connectivity index (χ3v) is 3.00. The Morgan fingerprint density at radius 2 is 2.22 bits per heavy atom. The predicted octanol–water partition coefficient (Wildman–Crippen LogP) is 2.25. The fourth-order valence-electron chi connectivity index (χ4n) is 2.16. The zero-order valence-corrected chi connectivity index (χ0v) is 9.93. The number of hydrogen-bond acceptors (Lipinski definition) is 3. The first-order valence-corrected chi connectivity index (χ1v) is 5.70. The number of fused-ring (bicyclic) bond motifs is 3. The normalized spacial score (nSPS) is 13.1. The first-order chi connectivity index (χ1) is 8.78. The standard InChI is InChI=1S/C14H12N2O2/c1-18-10-4-5-11-9(7-10)8-13(17)16-12-3-2-6-15-14(11)12/h2-7H,8H2,1H3,(H,16,17). The zero-order valence-electron chi connectivity index (χ0n) is 9.93. The number of anilines is 1. The molecule has 1 aliphatic heterocycles. The van der Waals surface area contributed by atoms with E-state index in [1.807, 2.05) is 30.3 Å². The summed E-state index contributed by atoms with van der Waals surface area (Å²) in [5.74, 6) is 0.720. The number of hydrogen-bond donors (Lipinski definition) is 1. The highest BCUT2D eigenvalue weighted by atomic mass is 16.5. The van der Waals surface area contributed by atoms with Crippen LogP contribution in [0.4, 0.5) is 5.69 Å². The fourth-order valence-corrected chi connectivity index (χ4v) is 2.16. The largest absolute Gasteiger partial charge is 0.497 e. The summed E-state index contributed by atoms with van der Waals surface area (Å²) in [6.45, 7) is 0. The van der Waals surface area contributed by atoms with Gasteiger partial charge in [0.25, 0.3) is 0 Å². The lowest BCUT2D eigenvalue weighted by atomic mass is 10.0. The number of nitrogens with zero attached hydrogens (tertiary/aromatic N) is 1. The highest BCUT2D eigenvalue weighted by Gasteiger charge is 2.19. The Bertz CT molecular complexity index is 623. The predicted molar refractivity (Wildman–Crippen MR) is 68.6 cm³/mol. The molecule has 0 radical (unpaired) electrons. The van der Waals surface area contributed by atoms with E-state index >= 15 is 0 Å². The number of benzene rings is 1. The molecule has 2 aromatic rings. The zero-order chi connectivity index (χ0) is 12.5. The van der Waals surface area contributed by atoms with Gasteiger partial charge in [0.15, 0.2) is 0 Å². The van der Waals surface area contributed by atoms with Crippen molar-refractivity contribution in [2.75, 3.05) is 12.4 Å². The molecule has 1 aliphatic rings. The van der Waals surface area contributed by atoms with E-state index in [9.17, 15) is 4.79 Å². The second-order valence-corrected chi connectivity index (χ2v) is 4.15. The maximum atomic E-state index is 11.8. The van der Waals surface area contributed by atoms with Crippen LogP contribution in [0.3, 0.4) is 0 Å². The SMILES string of the molecule is COc1ccc2c(c1)CC(=O)Nc1cccnc1-2. The van der Waals surface area contributed by atoms with E-state index in [1.54, 1.807) is 13.3 Å². The van der Waals surface area contributed by atoms with Crippen molar-refractivity contribution in [2.24, 2.45) is 0 Å².